The SMILES string of the molecule is CNC(=O)C(C)CN(C)C(=O)NC(CCC(N)=O)C(=O)O. The highest BCUT2D eigenvalue weighted by atomic mass is 16.4. The van der Waals surface area contributed by atoms with Crippen molar-refractivity contribution in [2.24, 2.45) is 11.7 Å². The summed E-state index contributed by atoms with van der Waals surface area (Å²) in [5.74, 6) is -2.55. The molecule has 2 unspecified atom stereocenters. The Bertz CT molecular complexity index is 412. The molecular formula is C12H22N4O5. The van der Waals surface area contributed by atoms with E-state index in [4.69, 9.17) is 10.8 Å². The van der Waals surface area contributed by atoms with Crippen LogP contribution in [0.4, 0.5) is 4.79 Å². The first kappa shape index (κ1) is 18.7. The number of hydrogen-bond acceptors (Lipinski definition) is 4. The summed E-state index contributed by atoms with van der Waals surface area (Å²) < 4.78 is 0. The second-order valence-electron chi connectivity index (χ2n) is 4.74. The van der Waals surface area contributed by atoms with E-state index >= 15 is 0 Å². The number of carbonyl (C=O) groups is 4. The lowest BCUT2D eigenvalue weighted by Gasteiger charge is -2.23. The van der Waals surface area contributed by atoms with Gasteiger partial charge in [0.05, 0.1) is 5.92 Å². The summed E-state index contributed by atoms with van der Waals surface area (Å²) in [6.07, 6.45) is -0.231. The maximum atomic E-state index is 11.9. The van der Waals surface area contributed by atoms with E-state index in [1.54, 1.807) is 6.92 Å². The minimum Gasteiger partial charge on any atom is -0.480 e. The fourth-order valence-electron chi connectivity index (χ4n) is 1.63. The molecule has 0 rings (SSSR count). The molecule has 0 aromatic rings. The number of nitrogens with one attached hydrogen (secondary N) is 2. The lowest BCUT2D eigenvalue weighted by molar-refractivity contribution is -0.139. The second kappa shape index (κ2) is 8.77. The van der Waals surface area contributed by atoms with E-state index in [9.17, 15) is 19.2 Å². The molecule has 4 amide bonds. The van der Waals surface area contributed by atoms with Crippen LogP contribution in [0.5, 0.6) is 0 Å². The summed E-state index contributed by atoms with van der Waals surface area (Å²) in [6, 6.07) is -1.84. The molecule has 9 heteroatoms. The largest absolute Gasteiger partial charge is 0.480 e. The van der Waals surface area contributed by atoms with Crippen LogP contribution in [0.25, 0.3) is 0 Å². The zero-order valence-corrected chi connectivity index (χ0v) is 12.4. The predicted octanol–water partition coefficient (Wildman–Crippen LogP) is -1.27. The van der Waals surface area contributed by atoms with Crippen molar-refractivity contribution in [1.29, 1.82) is 0 Å². The summed E-state index contributed by atoms with van der Waals surface area (Å²) in [4.78, 5) is 46.1. The zero-order valence-electron chi connectivity index (χ0n) is 12.4. The Morgan fingerprint density at radius 3 is 2.29 bits per heavy atom. The summed E-state index contributed by atoms with van der Waals surface area (Å²) in [5, 5.41) is 13.7. The smallest absolute Gasteiger partial charge is 0.326 e. The number of hydrogen-bond donors (Lipinski definition) is 4. The fraction of sp³-hybridized carbons (Fsp3) is 0.667. The van der Waals surface area contributed by atoms with Gasteiger partial charge in [-0.3, -0.25) is 9.59 Å². The molecule has 5 N–H and O–H groups in total. The van der Waals surface area contributed by atoms with Gasteiger partial charge in [-0.2, -0.15) is 0 Å². The van der Waals surface area contributed by atoms with Crippen molar-refractivity contribution in [2.75, 3.05) is 20.6 Å². The van der Waals surface area contributed by atoms with Crippen molar-refractivity contribution in [1.82, 2.24) is 15.5 Å². The number of aliphatic carboxylic acids is 1. The first-order valence-electron chi connectivity index (χ1n) is 6.43. The number of nitrogens with two attached hydrogens (primary N) is 1. The molecule has 0 aliphatic heterocycles. The van der Waals surface area contributed by atoms with Gasteiger partial charge in [-0.25, -0.2) is 9.59 Å². The Kier molecular flexibility index (Phi) is 7.80. The molecule has 0 aliphatic rings. The number of rotatable bonds is 8. The number of carboxylic acid groups (broad SMARTS) is 1. The number of primary amides is 1. The maximum absolute atomic E-state index is 11.9. The van der Waals surface area contributed by atoms with Crippen LogP contribution in [0, 0.1) is 5.92 Å². The molecule has 120 valence electrons. The molecule has 2 atom stereocenters. The Morgan fingerprint density at radius 2 is 1.86 bits per heavy atom. The molecule has 0 heterocycles. The second-order valence-corrected chi connectivity index (χ2v) is 4.74. The van der Waals surface area contributed by atoms with E-state index in [1.807, 2.05) is 0 Å². The van der Waals surface area contributed by atoms with Gasteiger partial charge < -0.3 is 26.4 Å². The molecule has 0 aliphatic carbocycles. The van der Waals surface area contributed by atoms with Crippen molar-refractivity contribution < 1.29 is 24.3 Å². The monoisotopic (exact) mass is 302 g/mol. The molecule has 0 aromatic carbocycles. The maximum Gasteiger partial charge on any atom is 0.326 e. The highest BCUT2D eigenvalue weighted by Crippen LogP contribution is 2.02. The van der Waals surface area contributed by atoms with Gasteiger partial charge in [0, 0.05) is 27.1 Å². The summed E-state index contributed by atoms with van der Waals surface area (Å²) in [6.45, 7) is 1.78. The van der Waals surface area contributed by atoms with Gasteiger partial charge in [0.25, 0.3) is 0 Å². The highest BCUT2D eigenvalue weighted by molar-refractivity contribution is 5.84. The van der Waals surface area contributed by atoms with Gasteiger partial charge in [0.15, 0.2) is 0 Å². The van der Waals surface area contributed by atoms with Crippen molar-refractivity contribution in [3.8, 4) is 0 Å². The van der Waals surface area contributed by atoms with E-state index in [1.165, 1.54) is 19.0 Å². The van der Waals surface area contributed by atoms with Crippen LogP contribution in [-0.2, 0) is 14.4 Å². The molecule has 0 radical (unpaired) electrons. The fourth-order valence-corrected chi connectivity index (χ4v) is 1.63. The van der Waals surface area contributed by atoms with Crippen molar-refractivity contribution in [3.63, 3.8) is 0 Å². The number of carbonyl (C=O) groups excluding carboxylic acids is 3. The molecule has 0 saturated heterocycles. The minimum absolute atomic E-state index is 0.0880. The van der Waals surface area contributed by atoms with Crippen LogP contribution < -0.4 is 16.4 Å². The third kappa shape index (κ3) is 7.14. The molecular weight excluding hydrogens is 280 g/mol. The van der Waals surface area contributed by atoms with Gasteiger partial charge in [0.1, 0.15) is 6.04 Å². The van der Waals surface area contributed by atoms with Gasteiger partial charge in [0.2, 0.25) is 11.8 Å². The molecule has 0 spiro atoms. The number of carboxylic acids is 1. The van der Waals surface area contributed by atoms with Crippen LogP contribution in [-0.4, -0.2) is 60.5 Å². The van der Waals surface area contributed by atoms with Gasteiger partial charge in [-0.15, -0.1) is 0 Å². The van der Waals surface area contributed by atoms with Gasteiger partial charge >= 0.3 is 12.0 Å². The third-order valence-electron chi connectivity index (χ3n) is 2.86. The molecule has 21 heavy (non-hydrogen) atoms. The molecule has 9 nitrogen and oxygen atoms in total. The average Bonchev–Trinajstić information content (AvgIpc) is 2.41. The van der Waals surface area contributed by atoms with E-state index in [2.05, 4.69) is 10.6 Å². The highest BCUT2D eigenvalue weighted by Gasteiger charge is 2.23. The lowest BCUT2D eigenvalue weighted by Crippen LogP contribution is -2.48. The first-order valence-corrected chi connectivity index (χ1v) is 6.43. The lowest BCUT2D eigenvalue weighted by atomic mass is 10.1. The van der Waals surface area contributed by atoms with Crippen LogP contribution in [0.15, 0.2) is 0 Å². The number of urea groups is 1. The quantitative estimate of drug-likeness (QED) is 0.442. The van der Waals surface area contributed by atoms with Crippen LogP contribution >= 0.6 is 0 Å². The van der Waals surface area contributed by atoms with Crippen molar-refractivity contribution in [2.45, 2.75) is 25.8 Å². The topological polar surface area (TPSA) is 142 Å². The van der Waals surface area contributed by atoms with Gasteiger partial charge in [-0.05, 0) is 6.42 Å². The normalized spacial score (nSPS) is 12.9. The van der Waals surface area contributed by atoms with Gasteiger partial charge in [-0.1, -0.05) is 6.92 Å². The Labute approximate surface area is 122 Å². The Balaban J connectivity index is 4.50. The molecule has 0 saturated carbocycles. The number of amides is 4. The van der Waals surface area contributed by atoms with E-state index in [0.717, 1.165) is 0 Å². The van der Waals surface area contributed by atoms with Crippen LogP contribution in [0.2, 0.25) is 0 Å². The van der Waals surface area contributed by atoms with E-state index in [-0.39, 0.29) is 25.3 Å². The number of nitrogens with zero attached hydrogens (tertiary/aromatic N) is 1. The Morgan fingerprint density at radius 1 is 1.29 bits per heavy atom. The zero-order chi connectivity index (χ0) is 16.6. The first-order chi connectivity index (χ1) is 9.68. The predicted molar refractivity (Wildman–Crippen MR) is 74.2 cm³/mol. The van der Waals surface area contributed by atoms with E-state index in [0.29, 0.717) is 0 Å². The van der Waals surface area contributed by atoms with Crippen molar-refractivity contribution in [3.05, 3.63) is 0 Å². The third-order valence-corrected chi connectivity index (χ3v) is 2.86. The van der Waals surface area contributed by atoms with E-state index < -0.39 is 29.9 Å². The average molecular weight is 302 g/mol. The Hall–Kier alpha value is -2.32. The van der Waals surface area contributed by atoms with Crippen LogP contribution in [0.1, 0.15) is 19.8 Å². The molecule has 0 bridgehead atoms. The van der Waals surface area contributed by atoms with Crippen molar-refractivity contribution >= 4 is 23.8 Å². The summed E-state index contributed by atoms with van der Waals surface area (Å²) in [7, 11) is 2.94. The minimum atomic E-state index is -1.25. The molecule has 0 aromatic heterocycles. The summed E-state index contributed by atoms with van der Waals surface area (Å²) >= 11 is 0. The summed E-state index contributed by atoms with van der Waals surface area (Å²) in [5.41, 5.74) is 4.95. The standard InChI is InChI=1S/C12H22N4O5/c1-7(10(18)14-2)6-16(3)12(21)15-8(11(19)20)4-5-9(13)17/h7-8H,4-6H2,1-3H3,(H2,13,17)(H,14,18)(H,15,21)(H,19,20). The molecule has 0 fully saturated rings. The van der Waals surface area contributed by atoms with Crippen LogP contribution in [0.3, 0.4) is 0 Å².